The highest BCUT2D eigenvalue weighted by atomic mass is 16.5. The maximum absolute atomic E-state index is 5.71. The van der Waals surface area contributed by atoms with Gasteiger partial charge in [0.25, 0.3) is 0 Å². The number of hydrogen-bond donors (Lipinski definition) is 2. The number of hydrogen-bond acceptors (Lipinski definition) is 3. The highest BCUT2D eigenvalue weighted by Gasteiger charge is 2.06. The molecule has 0 amide bonds. The molecule has 3 N–H and O–H groups in total. The zero-order valence-electron chi connectivity index (χ0n) is 11.3. The van der Waals surface area contributed by atoms with Gasteiger partial charge in [0, 0.05) is 12.6 Å². The second-order valence-corrected chi connectivity index (χ2v) is 4.62. The molecule has 0 spiro atoms. The van der Waals surface area contributed by atoms with Gasteiger partial charge in [0.15, 0.2) is 0 Å². The molecule has 0 saturated carbocycles. The molecule has 1 unspecified atom stereocenters. The van der Waals surface area contributed by atoms with Crippen LogP contribution in [0.1, 0.15) is 30.0 Å². The van der Waals surface area contributed by atoms with Crippen LogP contribution in [-0.4, -0.2) is 19.7 Å². The molecule has 0 fully saturated rings. The zero-order chi connectivity index (χ0) is 12.8. The van der Waals surface area contributed by atoms with Crippen LogP contribution < -0.4 is 15.8 Å². The summed E-state index contributed by atoms with van der Waals surface area (Å²) in [5, 5.41) is 3.42. The Balaban J connectivity index is 2.57. The van der Waals surface area contributed by atoms with Crippen molar-refractivity contribution < 1.29 is 4.74 Å². The number of nitrogens with two attached hydrogens (primary N) is 1. The first-order valence-corrected chi connectivity index (χ1v) is 6.15. The fourth-order valence-corrected chi connectivity index (χ4v) is 1.82. The first-order chi connectivity index (χ1) is 8.06. The number of nitrogens with one attached hydrogen (secondary N) is 1. The van der Waals surface area contributed by atoms with Crippen LogP contribution in [0, 0.1) is 13.8 Å². The summed E-state index contributed by atoms with van der Waals surface area (Å²) in [6.45, 7) is 8.12. The van der Waals surface area contributed by atoms with Gasteiger partial charge in [0.05, 0.1) is 7.11 Å². The third-order valence-corrected chi connectivity index (χ3v) is 3.16. The number of methoxy groups -OCH3 is 1. The van der Waals surface area contributed by atoms with Crippen molar-refractivity contribution in [1.82, 2.24) is 5.32 Å². The molecule has 3 heteroatoms. The maximum Gasteiger partial charge on any atom is 0.122 e. The zero-order valence-corrected chi connectivity index (χ0v) is 11.3. The summed E-state index contributed by atoms with van der Waals surface area (Å²) >= 11 is 0. The summed E-state index contributed by atoms with van der Waals surface area (Å²) in [5.41, 5.74) is 9.56. The summed E-state index contributed by atoms with van der Waals surface area (Å²) in [6.07, 6.45) is 1.01. The molecular weight excluding hydrogens is 212 g/mol. The van der Waals surface area contributed by atoms with Gasteiger partial charge in [-0.15, -0.1) is 0 Å². The number of rotatable bonds is 6. The first-order valence-electron chi connectivity index (χ1n) is 6.15. The molecule has 0 heterocycles. The van der Waals surface area contributed by atoms with Crippen molar-refractivity contribution in [2.45, 2.75) is 39.8 Å². The van der Waals surface area contributed by atoms with Crippen LogP contribution in [0.2, 0.25) is 0 Å². The average Bonchev–Trinajstić information content (AvgIpc) is 2.29. The van der Waals surface area contributed by atoms with Crippen LogP contribution in [0.25, 0.3) is 0 Å². The Hall–Kier alpha value is -1.06. The van der Waals surface area contributed by atoms with E-state index < -0.39 is 0 Å². The van der Waals surface area contributed by atoms with E-state index >= 15 is 0 Å². The molecule has 1 aromatic carbocycles. The predicted octanol–water partition coefficient (Wildman–Crippen LogP) is 2.14. The van der Waals surface area contributed by atoms with Crippen LogP contribution >= 0.6 is 0 Å². The molecule has 0 aliphatic rings. The quantitative estimate of drug-likeness (QED) is 0.744. The van der Waals surface area contributed by atoms with Gasteiger partial charge in [-0.05, 0) is 56.5 Å². The summed E-state index contributed by atoms with van der Waals surface area (Å²) in [5.74, 6) is 0.960. The van der Waals surface area contributed by atoms with Gasteiger partial charge in [-0.3, -0.25) is 0 Å². The number of benzene rings is 1. The molecule has 0 bridgehead atoms. The second kappa shape index (κ2) is 6.62. The van der Waals surface area contributed by atoms with Crippen molar-refractivity contribution in [2.75, 3.05) is 13.7 Å². The summed E-state index contributed by atoms with van der Waals surface area (Å²) in [6, 6.07) is 4.42. The lowest BCUT2D eigenvalue weighted by molar-refractivity contribution is 0.411. The normalized spacial score (nSPS) is 12.5. The van der Waals surface area contributed by atoms with Crippen molar-refractivity contribution in [2.24, 2.45) is 5.73 Å². The molecule has 1 aromatic rings. The van der Waals surface area contributed by atoms with E-state index in [2.05, 4.69) is 25.2 Å². The fraction of sp³-hybridized carbons (Fsp3) is 0.571. The largest absolute Gasteiger partial charge is 0.496 e. The Morgan fingerprint density at radius 2 is 2.00 bits per heavy atom. The molecule has 17 heavy (non-hydrogen) atoms. The van der Waals surface area contributed by atoms with Crippen LogP contribution in [0.4, 0.5) is 0 Å². The number of ether oxygens (including phenoxy) is 1. The van der Waals surface area contributed by atoms with E-state index in [0.29, 0.717) is 0 Å². The predicted molar refractivity (Wildman–Crippen MR) is 72.4 cm³/mol. The monoisotopic (exact) mass is 236 g/mol. The van der Waals surface area contributed by atoms with Crippen LogP contribution in [-0.2, 0) is 6.54 Å². The van der Waals surface area contributed by atoms with Gasteiger partial charge < -0.3 is 15.8 Å². The third kappa shape index (κ3) is 4.02. The highest BCUT2D eigenvalue weighted by molar-refractivity contribution is 5.43. The Morgan fingerprint density at radius 1 is 1.29 bits per heavy atom. The molecule has 1 rings (SSSR count). The maximum atomic E-state index is 5.71. The van der Waals surface area contributed by atoms with Crippen molar-refractivity contribution in [3.8, 4) is 5.75 Å². The van der Waals surface area contributed by atoms with E-state index in [1.54, 1.807) is 7.11 Å². The highest BCUT2D eigenvalue weighted by Crippen LogP contribution is 2.23. The molecule has 0 radical (unpaired) electrons. The van der Waals surface area contributed by atoms with Crippen molar-refractivity contribution >= 4 is 0 Å². The van der Waals surface area contributed by atoms with Crippen LogP contribution in [0.5, 0.6) is 5.75 Å². The third-order valence-electron chi connectivity index (χ3n) is 3.16. The molecule has 1 atom stereocenters. The van der Waals surface area contributed by atoms with E-state index in [1.165, 1.54) is 16.7 Å². The van der Waals surface area contributed by atoms with Crippen molar-refractivity contribution in [3.63, 3.8) is 0 Å². The average molecular weight is 236 g/mol. The molecule has 0 aliphatic heterocycles. The van der Waals surface area contributed by atoms with Gasteiger partial charge in [-0.2, -0.15) is 0 Å². The van der Waals surface area contributed by atoms with Crippen molar-refractivity contribution in [1.29, 1.82) is 0 Å². The fourth-order valence-electron chi connectivity index (χ4n) is 1.82. The first kappa shape index (κ1) is 14.0. The molecule has 0 saturated heterocycles. The Labute approximate surface area is 104 Å². The lowest BCUT2D eigenvalue weighted by atomic mass is 10.0. The molecule has 0 aliphatic carbocycles. The van der Waals surface area contributed by atoms with Gasteiger partial charge >= 0.3 is 0 Å². The molecule has 0 aromatic heterocycles. The molecule has 3 nitrogen and oxygen atoms in total. The van der Waals surface area contributed by atoms with Gasteiger partial charge in [-0.25, -0.2) is 0 Å². The van der Waals surface area contributed by atoms with E-state index in [4.69, 9.17) is 10.5 Å². The van der Waals surface area contributed by atoms with Gasteiger partial charge in [-0.1, -0.05) is 6.07 Å². The Kier molecular flexibility index (Phi) is 5.45. The molecule has 96 valence electrons. The lowest BCUT2D eigenvalue weighted by Gasteiger charge is -2.13. The smallest absolute Gasteiger partial charge is 0.122 e. The van der Waals surface area contributed by atoms with Crippen LogP contribution in [0.15, 0.2) is 12.1 Å². The summed E-state index contributed by atoms with van der Waals surface area (Å²) in [4.78, 5) is 0. The van der Waals surface area contributed by atoms with E-state index in [1.807, 2.05) is 13.0 Å². The Bertz CT molecular complexity index is 361. The van der Waals surface area contributed by atoms with E-state index in [0.717, 1.165) is 25.3 Å². The van der Waals surface area contributed by atoms with Gasteiger partial charge in [0.1, 0.15) is 5.75 Å². The van der Waals surface area contributed by atoms with Crippen molar-refractivity contribution in [3.05, 3.63) is 28.8 Å². The van der Waals surface area contributed by atoms with Crippen LogP contribution in [0.3, 0.4) is 0 Å². The summed E-state index contributed by atoms with van der Waals surface area (Å²) < 4.78 is 5.30. The minimum absolute atomic E-state index is 0.265. The minimum Gasteiger partial charge on any atom is -0.496 e. The second-order valence-electron chi connectivity index (χ2n) is 4.62. The summed E-state index contributed by atoms with van der Waals surface area (Å²) in [7, 11) is 1.71. The van der Waals surface area contributed by atoms with E-state index in [-0.39, 0.29) is 6.04 Å². The SMILES string of the molecule is COc1ccc(CNCCC(C)N)c(C)c1C. The van der Waals surface area contributed by atoms with E-state index in [9.17, 15) is 0 Å². The minimum atomic E-state index is 0.265. The Morgan fingerprint density at radius 3 is 2.59 bits per heavy atom. The lowest BCUT2D eigenvalue weighted by Crippen LogP contribution is -2.24. The van der Waals surface area contributed by atoms with Gasteiger partial charge in [0.2, 0.25) is 0 Å². The molecular formula is C14H24N2O. The standard InChI is InChI=1S/C14H24N2O/c1-10(15)7-8-16-9-13-5-6-14(17-4)12(3)11(13)2/h5-6,10,16H,7-9,15H2,1-4H3. The topological polar surface area (TPSA) is 47.3 Å².